The number of nitrogens with one attached hydrogen (secondary N) is 1. The van der Waals surface area contributed by atoms with E-state index in [1.165, 1.54) is 14.2 Å². The summed E-state index contributed by atoms with van der Waals surface area (Å²) >= 11 is 0. The number of esters is 1. The lowest BCUT2D eigenvalue weighted by Gasteiger charge is -2.32. The Hall–Kier alpha value is -2.56. The Bertz CT molecular complexity index is 678. The Labute approximate surface area is 148 Å². The van der Waals surface area contributed by atoms with Crippen LogP contribution in [0.5, 0.6) is 0 Å². The Balaban J connectivity index is 2.42. The van der Waals surface area contributed by atoms with E-state index in [9.17, 15) is 9.59 Å². The molecule has 0 spiro atoms. The van der Waals surface area contributed by atoms with E-state index in [-0.39, 0.29) is 17.9 Å². The maximum atomic E-state index is 11.9. The predicted molar refractivity (Wildman–Crippen MR) is 96.9 cm³/mol. The highest BCUT2D eigenvalue weighted by molar-refractivity contribution is 5.83. The van der Waals surface area contributed by atoms with Gasteiger partial charge in [-0.3, -0.25) is 0 Å². The van der Waals surface area contributed by atoms with Crippen LogP contribution in [0.25, 0.3) is 6.08 Å². The van der Waals surface area contributed by atoms with E-state index in [0.717, 1.165) is 36.0 Å². The van der Waals surface area contributed by atoms with Gasteiger partial charge in [-0.2, -0.15) is 0 Å². The zero-order chi connectivity index (χ0) is 18.2. The van der Waals surface area contributed by atoms with E-state index >= 15 is 0 Å². The van der Waals surface area contributed by atoms with Gasteiger partial charge in [0, 0.05) is 12.0 Å². The van der Waals surface area contributed by atoms with Gasteiger partial charge >= 0.3 is 12.1 Å². The summed E-state index contributed by atoms with van der Waals surface area (Å²) < 4.78 is 9.60. The summed E-state index contributed by atoms with van der Waals surface area (Å²) in [6, 6.07) is 7.60. The Morgan fingerprint density at radius 2 is 1.96 bits per heavy atom. The van der Waals surface area contributed by atoms with Crippen molar-refractivity contribution < 1.29 is 19.1 Å². The topological polar surface area (TPSA) is 64.6 Å². The quantitative estimate of drug-likeness (QED) is 0.626. The second-order valence-corrected chi connectivity index (χ2v) is 5.97. The highest BCUT2D eigenvalue weighted by atomic mass is 16.5. The van der Waals surface area contributed by atoms with Crippen molar-refractivity contribution in [2.24, 2.45) is 5.92 Å². The monoisotopic (exact) mass is 343 g/mol. The van der Waals surface area contributed by atoms with Gasteiger partial charge in [0.05, 0.1) is 20.3 Å². The van der Waals surface area contributed by atoms with E-state index in [2.05, 4.69) is 12.2 Å². The fraction of sp³-hybridized carbons (Fsp3) is 0.400. The van der Waals surface area contributed by atoms with Gasteiger partial charge in [-0.1, -0.05) is 55.3 Å². The minimum Gasteiger partial charge on any atom is -0.466 e. The molecule has 1 aliphatic rings. The lowest BCUT2D eigenvalue weighted by atomic mass is 9.79. The molecule has 25 heavy (non-hydrogen) atoms. The Morgan fingerprint density at radius 3 is 2.64 bits per heavy atom. The molecule has 5 heteroatoms. The van der Waals surface area contributed by atoms with Crippen molar-refractivity contribution in [3.05, 3.63) is 53.1 Å². The van der Waals surface area contributed by atoms with Crippen LogP contribution in [0.4, 0.5) is 4.79 Å². The summed E-state index contributed by atoms with van der Waals surface area (Å²) in [6.45, 7) is 2.10. The van der Waals surface area contributed by atoms with Gasteiger partial charge in [-0.25, -0.2) is 9.59 Å². The number of hydrogen-bond acceptors (Lipinski definition) is 4. The summed E-state index contributed by atoms with van der Waals surface area (Å²) in [5.74, 6) is -0.505. The van der Waals surface area contributed by atoms with E-state index in [1.54, 1.807) is 6.08 Å². The van der Waals surface area contributed by atoms with Crippen molar-refractivity contribution in [3.8, 4) is 0 Å². The van der Waals surface area contributed by atoms with E-state index < -0.39 is 6.09 Å². The number of amides is 1. The molecule has 1 amide bonds. The zero-order valence-corrected chi connectivity index (χ0v) is 15.0. The van der Waals surface area contributed by atoms with Crippen LogP contribution in [-0.4, -0.2) is 26.3 Å². The molecule has 0 fully saturated rings. The lowest BCUT2D eigenvalue weighted by Crippen LogP contribution is -2.35. The van der Waals surface area contributed by atoms with Crippen molar-refractivity contribution in [2.75, 3.05) is 14.2 Å². The lowest BCUT2D eigenvalue weighted by molar-refractivity contribution is -0.134. The fourth-order valence-electron chi connectivity index (χ4n) is 3.08. The van der Waals surface area contributed by atoms with Crippen molar-refractivity contribution >= 4 is 18.1 Å². The number of methoxy groups -OCH3 is 2. The second-order valence-electron chi connectivity index (χ2n) is 5.97. The number of ether oxygens (including phenoxy) is 2. The van der Waals surface area contributed by atoms with Crippen LogP contribution in [-0.2, 0) is 14.3 Å². The molecule has 134 valence electrons. The largest absolute Gasteiger partial charge is 0.466 e. The van der Waals surface area contributed by atoms with Crippen LogP contribution in [0.3, 0.4) is 0 Å². The third-order valence-corrected chi connectivity index (χ3v) is 4.38. The van der Waals surface area contributed by atoms with Crippen LogP contribution >= 0.6 is 0 Å². The second kappa shape index (κ2) is 9.06. The van der Waals surface area contributed by atoms with Crippen molar-refractivity contribution in [1.82, 2.24) is 5.32 Å². The van der Waals surface area contributed by atoms with Gasteiger partial charge in [-0.05, 0) is 24.0 Å². The molecule has 0 saturated heterocycles. The molecule has 0 aliphatic heterocycles. The standard InChI is InChI=1S/C20H25NO4/c1-4-5-8-15(13-18(22)24-2)17-12-11-14-9-6-7-10-16(14)19(17)21-20(23)25-3/h6-7,9-13,17,19H,4-5,8H2,1-3H3,(H,21,23)/b15-13+/t17-,19-/m0/s1. The van der Waals surface area contributed by atoms with Gasteiger partial charge in [0.1, 0.15) is 0 Å². The van der Waals surface area contributed by atoms with E-state index in [1.807, 2.05) is 36.4 Å². The molecule has 0 bridgehead atoms. The molecule has 0 aromatic heterocycles. The van der Waals surface area contributed by atoms with E-state index in [0.29, 0.717) is 0 Å². The average molecular weight is 343 g/mol. The molecule has 0 saturated carbocycles. The number of carbonyl (C=O) groups is 2. The third-order valence-electron chi connectivity index (χ3n) is 4.38. The smallest absolute Gasteiger partial charge is 0.407 e. The first-order chi connectivity index (χ1) is 12.1. The highest BCUT2D eigenvalue weighted by Gasteiger charge is 2.30. The van der Waals surface area contributed by atoms with Gasteiger partial charge in [0.15, 0.2) is 0 Å². The van der Waals surface area contributed by atoms with Gasteiger partial charge in [0.2, 0.25) is 0 Å². The molecular formula is C20H25NO4. The summed E-state index contributed by atoms with van der Waals surface area (Å²) in [7, 11) is 2.71. The van der Waals surface area contributed by atoms with E-state index in [4.69, 9.17) is 9.47 Å². The molecule has 0 unspecified atom stereocenters. The summed E-state index contributed by atoms with van der Waals surface area (Å²) in [5.41, 5.74) is 3.00. The molecule has 1 aliphatic carbocycles. The first-order valence-corrected chi connectivity index (χ1v) is 8.50. The molecule has 1 N–H and O–H groups in total. The number of hydrogen-bond donors (Lipinski definition) is 1. The number of benzene rings is 1. The molecule has 2 rings (SSSR count). The van der Waals surface area contributed by atoms with Crippen LogP contribution in [0.15, 0.2) is 42.0 Å². The van der Waals surface area contributed by atoms with Crippen molar-refractivity contribution in [2.45, 2.75) is 32.2 Å². The normalized spacial score (nSPS) is 19.1. The fourth-order valence-corrected chi connectivity index (χ4v) is 3.08. The number of unbranched alkanes of at least 4 members (excludes halogenated alkanes) is 1. The minimum atomic E-state index is -0.493. The number of alkyl carbamates (subject to hydrolysis) is 1. The average Bonchev–Trinajstić information content (AvgIpc) is 2.65. The molecule has 2 atom stereocenters. The van der Waals surface area contributed by atoms with Crippen LogP contribution < -0.4 is 5.32 Å². The van der Waals surface area contributed by atoms with Gasteiger partial charge < -0.3 is 14.8 Å². The summed E-state index contributed by atoms with van der Waals surface area (Å²) in [4.78, 5) is 23.7. The number of carbonyl (C=O) groups excluding carboxylic acids is 2. The van der Waals surface area contributed by atoms with Crippen molar-refractivity contribution in [3.63, 3.8) is 0 Å². The van der Waals surface area contributed by atoms with Gasteiger partial charge in [0.25, 0.3) is 0 Å². The molecule has 1 aromatic rings. The van der Waals surface area contributed by atoms with Crippen molar-refractivity contribution in [1.29, 1.82) is 0 Å². The summed E-state index contributed by atoms with van der Waals surface area (Å²) in [5, 5.41) is 2.92. The third kappa shape index (κ3) is 4.72. The zero-order valence-electron chi connectivity index (χ0n) is 15.0. The van der Waals surface area contributed by atoms with Crippen LogP contribution in [0.2, 0.25) is 0 Å². The molecular weight excluding hydrogens is 318 g/mol. The molecule has 0 heterocycles. The Morgan fingerprint density at radius 1 is 1.20 bits per heavy atom. The van der Waals surface area contributed by atoms with Crippen LogP contribution in [0, 0.1) is 5.92 Å². The van der Waals surface area contributed by atoms with Crippen LogP contribution in [0.1, 0.15) is 43.4 Å². The maximum absolute atomic E-state index is 11.9. The maximum Gasteiger partial charge on any atom is 0.407 e. The molecule has 5 nitrogen and oxygen atoms in total. The summed E-state index contributed by atoms with van der Waals surface area (Å²) in [6.07, 6.45) is 7.86. The Kier molecular flexibility index (Phi) is 6.81. The molecule has 0 radical (unpaired) electrons. The number of fused-ring (bicyclic) bond motifs is 1. The highest BCUT2D eigenvalue weighted by Crippen LogP contribution is 2.38. The predicted octanol–water partition coefficient (Wildman–Crippen LogP) is 4.02. The first-order valence-electron chi connectivity index (χ1n) is 8.50. The number of rotatable bonds is 6. The SMILES string of the molecule is CCCC/C(=C\C(=O)OC)[C@@H]1C=Cc2ccccc2[C@@H]1NC(=O)OC. The first kappa shape index (κ1) is 18.8. The minimum absolute atomic E-state index is 0.125. The molecule has 1 aromatic carbocycles. The van der Waals surface area contributed by atoms with Gasteiger partial charge in [-0.15, -0.1) is 0 Å².